The fraction of sp³-hybridized carbons (Fsp3) is 0.400. The molecule has 3 aliphatic heterocycles. The van der Waals surface area contributed by atoms with Crippen LogP contribution in [0.1, 0.15) is 76.4 Å². The first kappa shape index (κ1) is 29.1. The van der Waals surface area contributed by atoms with Crippen molar-refractivity contribution in [3.05, 3.63) is 74.7 Å². The number of amides is 4. The highest BCUT2D eigenvalue weighted by molar-refractivity contribution is 6.42. The number of anilines is 1. The van der Waals surface area contributed by atoms with Crippen molar-refractivity contribution < 1.29 is 19.2 Å². The number of benzene rings is 1. The smallest absolute Gasteiger partial charge is 0.273 e. The number of aromatic nitrogens is 3. The lowest BCUT2D eigenvalue weighted by molar-refractivity contribution is -0.125. The van der Waals surface area contributed by atoms with Gasteiger partial charge in [0.05, 0.1) is 34.9 Å². The normalized spacial score (nSPS) is 20.6. The van der Waals surface area contributed by atoms with Gasteiger partial charge in [-0.1, -0.05) is 29.3 Å². The molecule has 6 rings (SSSR count). The number of halogens is 2. The quantitative estimate of drug-likeness (QED) is 0.461. The Labute approximate surface area is 258 Å². The molecule has 1 fully saturated rings. The van der Waals surface area contributed by atoms with Crippen LogP contribution < -0.4 is 10.2 Å². The molecule has 0 spiro atoms. The molecular weight excluding hydrogens is 593 g/mol. The zero-order valence-electron chi connectivity index (χ0n) is 24.0. The van der Waals surface area contributed by atoms with E-state index in [4.69, 9.17) is 28.3 Å². The summed E-state index contributed by atoms with van der Waals surface area (Å²) in [4.78, 5) is 62.6. The van der Waals surface area contributed by atoms with E-state index < -0.39 is 12.1 Å². The maximum absolute atomic E-state index is 14.2. The van der Waals surface area contributed by atoms with Crippen molar-refractivity contribution in [2.45, 2.75) is 57.8 Å². The predicted octanol–water partition coefficient (Wildman–Crippen LogP) is 3.80. The summed E-state index contributed by atoms with van der Waals surface area (Å²) in [6.07, 6.45) is 3.41. The molecule has 224 valence electrons. The van der Waals surface area contributed by atoms with Crippen LogP contribution in [0.15, 0.2) is 36.5 Å². The van der Waals surface area contributed by atoms with E-state index >= 15 is 0 Å². The molecule has 3 aliphatic rings. The highest BCUT2D eigenvalue weighted by Gasteiger charge is 2.43. The van der Waals surface area contributed by atoms with Crippen LogP contribution in [0.4, 0.5) is 5.82 Å². The van der Waals surface area contributed by atoms with Crippen LogP contribution in [0, 0.1) is 0 Å². The van der Waals surface area contributed by atoms with Gasteiger partial charge in [-0.2, -0.15) is 5.10 Å². The van der Waals surface area contributed by atoms with E-state index in [0.717, 1.165) is 12.0 Å². The molecule has 3 atom stereocenters. The number of carbonyl (C=O) groups excluding carboxylic acids is 4. The lowest BCUT2D eigenvalue weighted by Gasteiger charge is -2.38. The summed E-state index contributed by atoms with van der Waals surface area (Å²) in [5.74, 6) is -0.164. The van der Waals surface area contributed by atoms with Gasteiger partial charge in [0, 0.05) is 49.8 Å². The van der Waals surface area contributed by atoms with Crippen LogP contribution in [0.3, 0.4) is 0 Å². The zero-order chi connectivity index (χ0) is 30.6. The van der Waals surface area contributed by atoms with Gasteiger partial charge in [0.25, 0.3) is 11.8 Å². The van der Waals surface area contributed by atoms with Crippen molar-refractivity contribution in [1.29, 1.82) is 0 Å². The molecule has 4 amide bonds. The largest absolute Gasteiger partial charge is 0.357 e. The van der Waals surface area contributed by atoms with Gasteiger partial charge < -0.3 is 15.1 Å². The Morgan fingerprint density at radius 1 is 1.12 bits per heavy atom. The fourth-order valence-corrected chi connectivity index (χ4v) is 6.43. The average Bonchev–Trinajstić information content (AvgIpc) is 3.60. The van der Waals surface area contributed by atoms with Crippen molar-refractivity contribution >= 4 is 52.6 Å². The van der Waals surface area contributed by atoms with Crippen LogP contribution in [-0.4, -0.2) is 74.4 Å². The van der Waals surface area contributed by atoms with Gasteiger partial charge in [0.2, 0.25) is 11.8 Å². The second kappa shape index (κ2) is 11.3. The van der Waals surface area contributed by atoms with Gasteiger partial charge in [-0.3, -0.25) is 24.1 Å². The molecule has 0 aliphatic carbocycles. The Hall–Kier alpha value is -3.96. The van der Waals surface area contributed by atoms with Crippen LogP contribution >= 0.6 is 23.2 Å². The number of fused-ring (bicyclic) bond motifs is 3. The summed E-state index contributed by atoms with van der Waals surface area (Å²) in [5, 5.41) is 8.09. The first-order valence-corrected chi connectivity index (χ1v) is 15.0. The molecular formula is C30H31Cl2N7O4. The number of nitrogens with one attached hydrogen (secondary N) is 1. The number of carbonyl (C=O) groups is 4. The van der Waals surface area contributed by atoms with Crippen LogP contribution in [-0.2, 0) is 22.6 Å². The van der Waals surface area contributed by atoms with Crippen molar-refractivity contribution in [2.75, 3.05) is 25.0 Å². The third kappa shape index (κ3) is 5.04. The summed E-state index contributed by atoms with van der Waals surface area (Å²) in [5.41, 5.74) is 2.78. The number of pyridine rings is 1. The van der Waals surface area contributed by atoms with Crippen molar-refractivity contribution in [1.82, 2.24) is 29.9 Å². The van der Waals surface area contributed by atoms with E-state index in [-0.39, 0.29) is 47.8 Å². The minimum absolute atomic E-state index is 0.0481. The molecule has 13 heteroatoms. The molecule has 0 bridgehead atoms. The zero-order valence-corrected chi connectivity index (χ0v) is 25.5. The molecule has 3 aromatic rings. The molecule has 11 nitrogen and oxygen atoms in total. The first-order valence-electron chi connectivity index (χ1n) is 14.2. The number of likely N-dealkylation sites (N-methyl/N-ethyl adjacent to an activating group) is 1. The Morgan fingerprint density at radius 3 is 2.56 bits per heavy atom. The summed E-state index contributed by atoms with van der Waals surface area (Å²) >= 11 is 12.3. The summed E-state index contributed by atoms with van der Waals surface area (Å²) in [6, 6.07) is 7.02. The molecule has 0 saturated carbocycles. The van der Waals surface area contributed by atoms with E-state index in [1.165, 1.54) is 10.7 Å². The second-order valence-corrected chi connectivity index (χ2v) is 12.0. The van der Waals surface area contributed by atoms with Crippen molar-refractivity contribution in [3.63, 3.8) is 0 Å². The maximum Gasteiger partial charge on any atom is 0.273 e. The molecule has 0 unspecified atom stereocenters. The Kier molecular flexibility index (Phi) is 7.64. The average molecular weight is 625 g/mol. The molecule has 1 aromatic carbocycles. The SMILES string of the molecule is CNC(=O)[C@@H]1CN([C@@H](C)c2ccc(N3CCCC3=O)nc2)C(=O)c2c3c(nn21)C[C@@H](C)N(C(=O)c1ccc(Cl)c(Cl)c1)C3. The van der Waals surface area contributed by atoms with Gasteiger partial charge in [-0.05, 0) is 50.1 Å². The number of rotatable bonds is 5. The summed E-state index contributed by atoms with van der Waals surface area (Å²) in [7, 11) is 1.55. The van der Waals surface area contributed by atoms with Gasteiger partial charge in [0.15, 0.2) is 0 Å². The van der Waals surface area contributed by atoms with Gasteiger partial charge in [-0.15, -0.1) is 0 Å². The fourth-order valence-electron chi connectivity index (χ4n) is 6.13. The third-order valence-corrected chi connectivity index (χ3v) is 9.36. The van der Waals surface area contributed by atoms with Crippen molar-refractivity contribution in [2.24, 2.45) is 0 Å². The second-order valence-electron chi connectivity index (χ2n) is 11.2. The van der Waals surface area contributed by atoms with E-state index in [2.05, 4.69) is 10.3 Å². The molecule has 1 saturated heterocycles. The number of hydrogen-bond donors (Lipinski definition) is 1. The lowest BCUT2D eigenvalue weighted by Crippen LogP contribution is -2.49. The maximum atomic E-state index is 14.2. The van der Waals surface area contributed by atoms with Crippen LogP contribution in [0.5, 0.6) is 0 Å². The van der Waals surface area contributed by atoms with E-state index in [9.17, 15) is 19.2 Å². The number of hydrogen-bond acceptors (Lipinski definition) is 6. The molecule has 43 heavy (non-hydrogen) atoms. The summed E-state index contributed by atoms with van der Waals surface area (Å²) in [6.45, 7) is 4.71. The Bertz CT molecular complexity index is 1640. The Balaban J connectivity index is 1.33. The molecule has 5 heterocycles. The topological polar surface area (TPSA) is 121 Å². The van der Waals surface area contributed by atoms with Crippen LogP contribution in [0.25, 0.3) is 0 Å². The molecule has 0 radical (unpaired) electrons. The lowest BCUT2D eigenvalue weighted by atomic mass is 9.96. The highest BCUT2D eigenvalue weighted by Crippen LogP contribution is 2.36. The predicted molar refractivity (Wildman–Crippen MR) is 160 cm³/mol. The standard InChI is InChI=1S/C30H31Cl2N7O4/c1-16-11-23-20(14-37(16)29(42)18-6-8-21(31)22(32)12-18)27-30(43)38(15-24(28(41)33-3)39(27)35-23)17(2)19-7-9-25(34-13-19)36-10-4-5-26(36)40/h6-9,12-13,16-17,24H,4-5,10-11,14-15H2,1-3H3,(H,33,41)/t16-,17+,24+/m1/s1. The number of nitrogens with zero attached hydrogens (tertiary/aromatic N) is 6. The molecule has 2 aromatic heterocycles. The van der Waals surface area contributed by atoms with Crippen molar-refractivity contribution in [3.8, 4) is 0 Å². The summed E-state index contributed by atoms with van der Waals surface area (Å²) < 4.78 is 1.52. The molecule has 1 N–H and O–H groups in total. The van der Waals surface area contributed by atoms with E-state index in [0.29, 0.717) is 52.7 Å². The minimum atomic E-state index is -0.755. The van der Waals surface area contributed by atoms with E-state index in [1.807, 2.05) is 19.9 Å². The van der Waals surface area contributed by atoms with Gasteiger partial charge >= 0.3 is 0 Å². The first-order chi connectivity index (χ1) is 20.6. The van der Waals surface area contributed by atoms with Gasteiger partial charge in [-0.25, -0.2) is 9.67 Å². The monoisotopic (exact) mass is 623 g/mol. The minimum Gasteiger partial charge on any atom is -0.357 e. The van der Waals surface area contributed by atoms with Crippen LogP contribution in [0.2, 0.25) is 10.0 Å². The van der Waals surface area contributed by atoms with E-state index in [1.54, 1.807) is 46.1 Å². The van der Waals surface area contributed by atoms with Gasteiger partial charge in [0.1, 0.15) is 17.6 Å². The highest BCUT2D eigenvalue weighted by atomic mass is 35.5. The Morgan fingerprint density at radius 2 is 1.91 bits per heavy atom. The third-order valence-electron chi connectivity index (χ3n) is 8.62.